The van der Waals surface area contributed by atoms with Crippen molar-refractivity contribution in [2.45, 2.75) is 20.5 Å². The molecular weight excluding hydrogens is 470 g/mol. The second-order valence-electron chi connectivity index (χ2n) is 7.46. The van der Waals surface area contributed by atoms with Gasteiger partial charge in [-0.25, -0.2) is 4.98 Å². The molecule has 0 aliphatic rings. The van der Waals surface area contributed by atoms with Crippen LogP contribution in [0.2, 0.25) is 0 Å². The highest BCUT2D eigenvalue weighted by Crippen LogP contribution is 2.33. The molecule has 0 radical (unpaired) electrons. The van der Waals surface area contributed by atoms with Crippen LogP contribution in [0.15, 0.2) is 62.9 Å². The van der Waals surface area contributed by atoms with Gasteiger partial charge < -0.3 is 14.2 Å². The smallest absolute Gasteiger partial charge is 0.302 e. The first kappa shape index (κ1) is 23.9. The Bertz CT molecular complexity index is 1450. The Morgan fingerprint density at radius 2 is 1.91 bits per heavy atom. The number of nitrogens with zero attached hydrogens (tertiary/aromatic N) is 4. The number of benzene rings is 2. The van der Waals surface area contributed by atoms with Crippen LogP contribution >= 0.6 is 11.3 Å². The first-order valence-electron chi connectivity index (χ1n) is 10.5. The van der Waals surface area contributed by atoms with Gasteiger partial charge in [-0.2, -0.15) is 9.80 Å². The molecule has 11 heteroatoms. The van der Waals surface area contributed by atoms with Crippen LogP contribution in [0, 0.1) is 6.92 Å². The molecule has 0 spiro atoms. The van der Waals surface area contributed by atoms with Gasteiger partial charge in [0.1, 0.15) is 6.61 Å². The van der Waals surface area contributed by atoms with Crippen LogP contribution in [0.5, 0.6) is 11.5 Å². The number of rotatable bonds is 8. The van der Waals surface area contributed by atoms with Crippen molar-refractivity contribution < 1.29 is 19.0 Å². The van der Waals surface area contributed by atoms with Crippen LogP contribution in [0.1, 0.15) is 18.2 Å². The van der Waals surface area contributed by atoms with Crippen molar-refractivity contribution in [1.82, 2.24) is 14.8 Å². The fourth-order valence-electron chi connectivity index (χ4n) is 3.29. The summed E-state index contributed by atoms with van der Waals surface area (Å²) in [7, 11) is 3.15. The van der Waals surface area contributed by atoms with Crippen molar-refractivity contribution in [3.8, 4) is 27.9 Å². The van der Waals surface area contributed by atoms with Gasteiger partial charge >= 0.3 is 11.5 Å². The van der Waals surface area contributed by atoms with Crippen molar-refractivity contribution in [2.24, 2.45) is 10.2 Å². The van der Waals surface area contributed by atoms with Crippen LogP contribution in [0.4, 0.5) is 11.4 Å². The molecule has 0 saturated heterocycles. The number of esters is 1. The molecule has 1 N–H and O–H groups in total. The summed E-state index contributed by atoms with van der Waals surface area (Å²) in [6.07, 6.45) is 0. The second-order valence-corrected chi connectivity index (χ2v) is 8.30. The molecule has 0 saturated carbocycles. The quantitative estimate of drug-likeness (QED) is 0.270. The summed E-state index contributed by atoms with van der Waals surface area (Å²) in [5, 5.41) is 13.7. The van der Waals surface area contributed by atoms with Gasteiger partial charge in [-0.05, 0) is 42.8 Å². The van der Waals surface area contributed by atoms with E-state index in [1.807, 2.05) is 23.6 Å². The summed E-state index contributed by atoms with van der Waals surface area (Å²) in [6.45, 7) is 3.23. The standard InChI is InChI=1S/C24H23N5O5S/c1-14-22(27-26-18-7-5-6-16(10-18)12-34-15(2)30)23(31)29(28-14)24-25-19(13-35-24)17-8-9-20(32-3)21(11-17)33-4/h5-11,13,28H,12H2,1-4H3. The Kier molecular flexibility index (Phi) is 7.06. The molecule has 10 nitrogen and oxygen atoms in total. The Balaban J connectivity index is 1.58. The lowest BCUT2D eigenvalue weighted by atomic mass is 10.1. The summed E-state index contributed by atoms with van der Waals surface area (Å²) in [4.78, 5) is 28.7. The number of carbonyl (C=O) groups is 1. The van der Waals surface area contributed by atoms with E-state index in [2.05, 4.69) is 20.3 Å². The average molecular weight is 494 g/mol. The molecule has 180 valence electrons. The van der Waals surface area contributed by atoms with Gasteiger partial charge in [0.05, 0.1) is 31.3 Å². The van der Waals surface area contributed by atoms with E-state index >= 15 is 0 Å². The van der Waals surface area contributed by atoms with E-state index < -0.39 is 0 Å². The third-order valence-corrected chi connectivity index (χ3v) is 5.85. The van der Waals surface area contributed by atoms with Crippen molar-refractivity contribution >= 4 is 28.7 Å². The highest BCUT2D eigenvalue weighted by atomic mass is 32.1. The van der Waals surface area contributed by atoms with E-state index in [9.17, 15) is 9.59 Å². The Morgan fingerprint density at radius 3 is 2.66 bits per heavy atom. The molecule has 0 unspecified atom stereocenters. The minimum Gasteiger partial charge on any atom is -0.493 e. The number of methoxy groups -OCH3 is 2. The van der Waals surface area contributed by atoms with Crippen molar-refractivity contribution in [3.63, 3.8) is 0 Å². The number of aryl methyl sites for hydroxylation is 1. The van der Waals surface area contributed by atoms with Gasteiger partial charge in [-0.15, -0.1) is 16.5 Å². The number of aromatic amines is 1. The minimum absolute atomic E-state index is 0.140. The zero-order valence-electron chi connectivity index (χ0n) is 19.6. The minimum atomic E-state index is -0.365. The number of H-pyrrole nitrogens is 1. The first-order chi connectivity index (χ1) is 16.9. The highest BCUT2D eigenvalue weighted by Gasteiger charge is 2.16. The third-order valence-electron chi connectivity index (χ3n) is 5.02. The van der Waals surface area contributed by atoms with E-state index in [4.69, 9.17) is 14.2 Å². The van der Waals surface area contributed by atoms with Gasteiger partial charge in [-0.1, -0.05) is 12.1 Å². The normalized spacial score (nSPS) is 11.1. The lowest BCUT2D eigenvalue weighted by Crippen LogP contribution is -2.13. The molecule has 0 fully saturated rings. The number of azo groups is 1. The molecule has 0 aliphatic heterocycles. The summed E-state index contributed by atoms with van der Waals surface area (Å²) < 4.78 is 17.0. The van der Waals surface area contributed by atoms with Crippen LogP contribution in [0.3, 0.4) is 0 Å². The zero-order chi connectivity index (χ0) is 24.9. The van der Waals surface area contributed by atoms with Gasteiger partial charge in [0, 0.05) is 17.9 Å². The molecule has 0 aliphatic carbocycles. The van der Waals surface area contributed by atoms with E-state index in [0.29, 0.717) is 33.7 Å². The van der Waals surface area contributed by atoms with Gasteiger partial charge in [0.15, 0.2) is 17.2 Å². The first-order valence-corrected chi connectivity index (χ1v) is 11.4. The maximum absolute atomic E-state index is 13.0. The predicted molar refractivity (Wildman–Crippen MR) is 131 cm³/mol. The number of ether oxygens (including phenoxy) is 3. The summed E-state index contributed by atoms with van der Waals surface area (Å²) >= 11 is 1.32. The van der Waals surface area contributed by atoms with Crippen LogP contribution in [0.25, 0.3) is 16.4 Å². The molecule has 4 rings (SSSR count). The molecular formula is C24H23N5O5S. The summed E-state index contributed by atoms with van der Waals surface area (Å²) in [6, 6.07) is 12.6. The second kappa shape index (κ2) is 10.3. The highest BCUT2D eigenvalue weighted by molar-refractivity contribution is 7.12. The molecule has 2 heterocycles. The predicted octanol–water partition coefficient (Wildman–Crippen LogP) is 5.09. The topological polar surface area (TPSA) is 120 Å². The molecule has 2 aromatic heterocycles. The molecule has 0 atom stereocenters. The van der Waals surface area contributed by atoms with Crippen LogP contribution in [-0.4, -0.2) is 35.0 Å². The third kappa shape index (κ3) is 5.30. The maximum atomic E-state index is 13.0. The van der Waals surface area contributed by atoms with E-state index in [1.165, 1.54) is 22.9 Å². The number of hydrogen-bond donors (Lipinski definition) is 1. The molecule has 4 aromatic rings. The number of thiazole rings is 1. The largest absolute Gasteiger partial charge is 0.493 e. The monoisotopic (exact) mass is 493 g/mol. The fraction of sp³-hybridized carbons (Fsp3) is 0.208. The lowest BCUT2D eigenvalue weighted by Gasteiger charge is -2.08. The van der Waals surface area contributed by atoms with Crippen molar-refractivity contribution in [2.75, 3.05) is 14.2 Å². The Labute approximate surface area is 204 Å². The number of nitrogens with one attached hydrogen (secondary N) is 1. The van der Waals surface area contributed by atoms with Gasteiger partial charge in [0.25, 0.3) is 0 Å². The van der Waals surface area contributed by atoms with E-state index in [0.717, 1.165) is 11.1 Å². The average Bonchev–Trinajstić information content (AvgIpc) is 3.45. The zero-order valence-corrected chi connectivity index (χ0v) is 20.4. The van der Waals surface area contributed by atoms with E-state index in [-0.39, 0.29) is 23.8 Å². The Morgan fingerprint density at radius 1 is 1.11 bits per heavy atom. The number of hydrogen-bond acceptors (Lipinski definition) is 9. The van der Waals surface area contributed by atoms with Gasteiger partial charge in [-0.3, -0.25) is 14.7 Å². The molecule has 0 amide bonds. The molecule has 35 heavy (non-hydrogen) atoms. The van der Waals surface area contributed by atoms with Gasteiger partial charge in [0.2, 0.25) is 5.13 Å². The lowest BCUT2D eigenvalue weighted by molar-refractivity contribution is -0.142. The van der Waals surface area contributed by atoms with Crippen molar-refractivity contribution in [3.05, 3.63) is 69.5 Å². The Hall–Kier alpha value is -4.25. The maximum Gasteiger partial charge on any atom is 0.302 e. The molecule has 2 aromatic carbocycles. The number of aromatic nitrogens is 3. The van der Waals surface area contributed by atoms with Crippen molar-refractivity contribution in [1.29, 1.82) is 0 Å². The summed E-state index contributed by atoms with van der Waals surface area (Å²) in [5.41, 5.74) is 3.19. The SMILES string of the molecule is COc1ccc(-c2csc(-n3[nH]c(C)c(N=Nc4cccc(COC(C)=O)c4)c3=O)n2)cc1OC. The van der Waals surface area contributed by atoms with Crippen LogP contribution in [-0.2, 0) is 16.1 Å². The molecule has 0 bridgehead atoms. The summed E-state index contributed by atoms with van der Waals surface area (Å²) in [5.74, 6) is 0.846. The fourth-order valence-corrected chi connectivity index (χ4v) is 4.08. The van der Waals surface area contributed by atoms with Crippen LogP contribution < -0.4 is 15.0 Å². The number of carbonyl (C=O) groups excluding carboxylic acids is 1. The van der Waals surface area contributed by atoms with E-state index in [1.54, 1.807) is 45.4 Å².